The Labute approximate surface area is 256 Å². The van der Waals surface area contributed by atoms with Gasteiger partial charge in [0.25, 0.3) is 5.91 Å². The normalized spacial score (nSPS) is 16.6. The molecule has 3 N–H and O–H groups in total. The summed E-state index contributed by atoms with van der Waals surface area (Å²) in [5.74, 6) is 2.10. The average molecular weight is 595 g/mol. The van der Waals surface area contributed by atoms with Gasteiger partial charge in [-0.05, 0) is 74.7 Å². The molecule has 2 fully saturated rings. The Hall–Kier alpha value is -4.77. The molecule has 0 spiro atoms. The second-order valence-electron chi connectivity index (χ2n) is 11.5. The van der Waals surface area contributed by atoms with Crippen molar-refractivity contribution >= 4 is 34.5 Å². The third-order valence-corrected chi connectivity index (χ3v) is 8.04. The highest BCUT2D eigenvalue weighted by molar-refractivity contribution is 6.03. The van der Waals surface area contributed by atoms with E-state index in [1.54, 1.807) is 48.8 Å². The summed E-state index contributed by atoms with van der Waals surface area (Å²) >= 11 is 0. The lowest BCUT2D eigenvalue weighted by Gasteiger charge is -2.16. The van der Waals surface area contributed by atoms with Crippen molar-refractivity contribution in [3.8, 4) is 11.5 Å². The van der Waals surface area contributed by atoms with Gasteiger partial charge in [0, 0.05) is 61.8 Å². The minimum atomic E-state index is -0.240. The maximum Gasteiger partial charge on any atom is 0.256 e. The van der Waals surface area contributed by atoms with Gasteiger partial charge in [-0.3, -0.25) is 19.6 Å². The zero-order valence-electron chi connectivity index (χ0n) is 25.1. The first-order valence-electron chi connectivity index (χ1n) is 15.3. The molecular formula is C33H38N8O3. The maximum absolute atomic E-state index is 12.8. The number of aromatic nitrogens is 4. The van der Waals surface area contributed by atoms with E-state index in [4.69, 9.17) is 4.74 Å². The SMILES string of the molecule is CCCc1ccnc(NC(=O)c2ccc(Oc3ccnc4[nH]nc(NC5CCN(C(=O)C=CCN(C)C6CC6)C5)c34)cc2)c1. The van der Waals surface area contributed by atoms with Gasteiger partial charge in [-0.25, -0.2) is 9.97 Å². The molecule has 4 heterocycles. The lowest BCUT2D eigenvalue weighted by atomic mass is 10.1. The van der Waals surface area contributed by atoms with Crippen LogP contribution in [0.25, 0.3) is 11.0 Å². The van der Waals surface area contributed by atoms with Crippen LogP contribution >= 0.6 is 0 Å². The van der Waals surface area contributed by atoms with Crippen molar-refractivity contribution in [2.75, 3.05) is 37.3 Å². The molecule has 1 aromatic carbocycles. The largest absolute Gasteiger partial charge is 0.456 e. The molecule has 1 aliphatic heterocycles. The second-order valence-corrected chi connectivity index (χ2v) is 11.5. The van der Waals surface area contributed by atoms with E-state index in [1.165, 1.54) is 12.8 Å². The van der Waals surface area contributed by atoms with Gasteiger partial charge in [0.05, 0.1) is 0 Å². The van der Waals surface area contributed by atoms with Crippen LogP contribution in [0.5, 0.6) is 11.5 Å². The molecule has 1 aliphatic carbocycles. The monoisotopic (exact) mass is 594 g/mol. The number of aromatic amines is 1. The van der Waals surface area contributed by atoms with Gasteiger partial charge >= 0.3 is 0 Å². The molecule has 2 amide bonds. The summed E-state index contributed by atoms with van der Waals surface area (Å²) in [5, 5.41) is 14.5. The van der Waals surface area contributed by atoms with Crippen LogP contribution in [0.15, 0.2) is 67.0 Å². The number of hydrogen-bond donors (Lipinski definition) is 3. The van der Waals surface area contributed by atoms with E-state index in [0.29, 0.717) is 53.5 Å². The lowest BCUT2D eigenvalue weighted by molar-refractivity contribution is -0.125. The Morgan fingerprint density at radius 1 is 1.11 bits per heavy atom. The minimum absolute atomic E-state index is 0.0366. The fourth-order valence-corrected chi connectivity index (χ4v) is 5.45. The van der Waals surface area contributed by atoms with Gasteiger partial charge < -0.3 is 20.3 Å². The molecular weight excluding hydrogens is 556 g/mol. The van der Waals surface area contributed by atoms with E-state index in [9.17, 15) is 9.59 Å². The number of likely N-dealkylation sites (N-methyl/N-ethyl adjacent to an activating group) is 1. The van der Waals surface area contributed by atoms with Crippen LogP contribution < -0.4 is 15.4 Å². The number of nitrogens with zero attached hydrogens (tertiary/aromatic N) is 5. The Morgan fingerprint density at radius 3 is 2.73 bits per heavy atom. The van der Waals surface area contributed by atoms with E-state index in [1.807, 2.05) is 23.1 Å². The predicted molar refractivity (Wildman–Crippen MR) is 170 cm³/mol. The molecule has 4 aromatic rings. The number of likely N-dealkylation sites (tertiary alicyclic amines) is 1. The summed E-state index contributed by atoms with van der Waals surface area (Å²) in [6, 6.07) is 13.3. The van der Waals surface area contributed by atoms with E-state index < -0.39 is 0 Å². The highest BCUT2D eigenvalue weighted by Gasteiger charge is 2.27. The first-order chi connectivity index (χ1) is 21.5. The number of pyridine rings is 2. The number of hydrogen-bond acceptors (Lipinski definition) is 8. The number of anilines is 2. The van der Waals surface area contributed by atoms with Crippen LogP contribution in [-0.2, 0) is 11.2 Å². The van der Waals surface area contributed by atoms with E-state index in [0.717, 1.165) is 36.8 Å². The van der Waals surface area contributed by atoms with E-state index in [-0.39, 0.29) is 17.9 Å². The summed E-state index contributed by atoms with van der Waals surface area (Å²) < 4.78 is 6.23. The Balaban J connectivity index is 1.07. The fourth-order valence-electron chi connectivity index (χ4n) is 5.45. The van der Waals surface area contributed by atoms with Crippen LogP contribution in [0.4, 0.5) is 11.6 Å². The number of ether oxygens (including phenoxy) is 1. The third kappa shape index (κ3) is 7.05. The van der Waals surface area contributed by atoms with Gasteiger partial charge in [-0.2, -0.15) is 5.10 Å². The molecule has 44 heavy (non-hydrogen) atoms. The van der Waals surface area contributed by atoms with Gasteiger partial charge in [0.15, 0.2) is 11.5 Å². The number of amides is 2. The third-order valence-electron chi connectivity index (χ3n) is 8.04. The number of carbonyl (C=O) groups is 2. The maximum atomic E-state index is 12.8. The molecule has 3 aromatic heterocycles. The zero-order chi connectivity index (χ0) is 30.5. The summed E-state index contributed by atoms with van der Waals surface area (Å²) in [6.45, 7) is 4.19. The number of benzene rings is 1. The Morgan fingerprint density at radius 2 is 1.93 bits per heavy atom. The minimum Gasteiger partial charge on any atom is -0.456 e. The van der Waals surface area contributed by atoms with Crippen molar-refractivity contribution in [1.29, 1.82) is 0 Å². The number of nitrogens with one attached hydrogen (secondary N) is 3. The fraction of sp³-hybridized carbons (Fsp3) is 0.364. The predicted octanol–water partition coefficient (Wildman–Crippen LogP) is 5.01. The molecule has 1 atom stereocenters. The molecule has 228 valence electrons. The lowest BCUT2D eigenvalue weighted by Crippen LogP contribution is -2.30. The number of aryl methyl sites for hydroxylation is 1. The van der Waals surface area contributed by atoms with E-state index >= 15 is 0 Å². The summed E-state index contributed by atoms with van der Waals surface area (Å²) in [6.07, 6.45) is 12.3. The number of H-pyrrole nitrogens is 1. The molecule has 0 radical (unpaired) electrons. The van der Waals surface area contributed by atoms with Crippen molar-refractivity contribution in [1.82, 2.24) is 30.0 Å². The van der Waals surface area contributed by atoms with Gasteiger partial charge in [0.2, 0.25) is 5.91 Å². The standard InChI is InChI=1S/C33H38N8O3/c1-3-5-22-13-16-34-28(20-22)37-33(43)23-7-11-26(12-8-23)44-27-14-17-35-31-30(27)32(39-38-31)36-24-15-19-41(21-24)29(42)6-4-18-40(2)25-9-10-25/h4,6-8,11-14,16-17,20,24-25H,3,5,9-10,15,18-19,21H2,1-2H3,(H,34,37,43)(H2,35,36,38,39). The number of carbonyl (C=O) groups excluding carboxylic acids is 2. The molecule has 11 heteroatoms. The molecule has 1 saturated carbocycles. The second kappa shape index (κ2) is 13.3. The first-order valence-corrected chi connectivity index (χ1v) is 15.3. The van der Waals surface area contributed by atoms with Gasteiger partial charge in [-0.15, -0.1) is 0 Å². The van der Waals surface area contributed by atoms with Crippen LogP contribution in [0.1, 0.15) is 48.5 Å². The summed E-state index contributed by atoms with van der Waals surface area (Å²) in [4.78, 5) is 38.4. The van der Waals surface area contributed by atoms with E-state index in [2.05, 4.69) is 49.7 Å². The highest BCUT2D eigenvalue weighted by Crippen LogP contribution is 2.34. The van der Waals surface area contributed by atoms with Gasteiger partial charge in [0.1, 0.15) is 22.7 Å². The molecule has 2 aliphatic rings. The highest BCUT2D eigenvalue weighted by atomic mass is 16.5. The van der Waals surface area contributed by atoms with Crippen LogP contribution in [0, 0.1) is 0 Å². The zero-order valence-corrected chi connectivity index (χ0v) is 25.1. The van der Waals surface area contributed by atoms with Crippen molar-refractivity contribution < 1.29 is 14.3 Å². The van der Waals surface area contributed by atoms with Crippen molar-refractivity contribution in [2.24, 2.45) is 0 Å². The topological polar surface area (TPSA) is 128 Å². The van der Waals surface area contributed by atoms with Crippen molar-refractivity contribution in [2.45, 2.75) is 51.1 Å². The molecule has 1 saturated heterocycles. The molecule has 0 bridgehead atoms. The van der Waals surface area contributed by atoms with Crippen LogP contribution in [-0.4, -0.2) is 80.5 Å². The van der Waals surface area contributed by atoms with Gasteiger partial charge in [-0.1, -0.05) is 19.4 Å². The van der Waals surface area contributed by atoms with Crippen molar-refractivity contribution in [3.63, 3.8) is 0 Å². The first kappa shape index (κ1) is 29.3. The molecule has 11 nitrogen and oxygen atoms in total. The molecule has 6 rings (SSSR count). The Bertz CT molecular complexity index is 1650. The molecule has 1 unspecified atom stereocenters. The quantitative estimate of drug-likeness (QED) is 0.195. The smallest absolute Gasteiger partial charge is 0.256 e. The van der Waals surface area contributed by atoms with Crippen LogP contribution in [0.3, 0.4) is 0 Å². The van der Waals surface area contributed by atoms with Crippen LogP contribution in [0.2, 0.25) is 0 Å². The van der Waals surface area contributed by atoms with Crippen molar-refractivity contribution in [3.05, 3.63) is 78.1 Å². The number of fused-ring (bicyclic) bond motifs is 1. The Kier molecular flexibility index (Phi) is 8.83. The summed E-state index contributed by atoms with van der Waals surface area (Å²) in [7, 11) is 2.10. The number of rotatable bonds is 12. The summed E-state index contributed by atoms with van der Waals surface area (Å²) in [5.41, 5.74) is 2.22. The average Bonchev–Trinajstić information content (AvgIpc) is 3.64.